The Morgan fingerprint density at radius 2 is 1.46 bits per heavy atom. The zero-order valence-electron chi connectivity index (χ0n) is 15.6. The molecule has 3 aromatic rings. The Hall–Kier alpha value is -3.02. The molecule has 0 bridgehead atoms. The Morgan fingerprint density at radius 3 is 1.96 bits per heavy atom. The van der Waals surface area contributed by atoms with Gasteiger partial charge in [0.25, 0.3) is 0 Å². The summed E-state index contributed by atoms with van der Waals surface area (Å²) in [5, 5.41) is 13.2. The van der Waals surface area contributed by atoms with Crippen LogP contribution in [0.2, 0.25) is 0 Å². The normalized spacial score (nSPS) is 16.1. The van der Waals surface area contributed by atoms with Crippen LogP contribution in [0.3, 0.4) is 0 Å². The molecule has 0 N–H and O–H groups in total. The third kappa shape index (κ3) is 3.67. The summed E-state index contributed by atoms with van der Waals surface area (Å²) in [7, 11) is 0. The highest BCUT2D eigenvalue weighted by atomic mass is 16.5. The largest absolute Gasteiger partial charge is 0.627 e. The van der Waals surface area contributed by atoms with Crippen molar-refractivity contribution in [3.63, 3.8) is 0 Å². The van der Waals surface area contributed by atoms with Crippen LogP contribution in [-0.4, -0.2) is 42.0 Å². The minimum absolute atomic E-state index is 0.0508. The fourth-order valence-electron chi connectivity index (χ4n) is 3.81. The summed E-state index contributed by atoms with van der Waals surface area (Å²) < 4.78 is -0.432. The molecule has 2 aromatic carbocycles. The van der Waals surface area contributed by atoms with Crippen LogP contribution in [-0.2, 0) is 4.79 Å². The van der Waals surface area contributed by atoms with Crippen molar-refractivity contribution in [3.8, 4) is 0 Å². The minimum atomic E-state index is -0.432. The number of hydrogen-bond acceptors (Lipinski definition) is 3. The SMILES string of the molecule is O=C(C(c1ccccc1)c1ccccc1)N1CC[N+]([O-])(c2cccnc2)CC1. The third-order valence-corrected chi connectivity index (χ3v) is 5.40. The molecule has 0 radical (unpaired) electrons. The van der Waals surface area contributed by atoms with Crippen molar-refractivity contribution in [2.75, 3.05) is 26.2 Å². The zero-order chi connectivity index (χ0) is 19.4. The number of amides is 1. The molecule has 0 aliphatic carbocycles. The first kappa shape index (κ1) is 18.3. The molecule has 0 unspecified atom stereocenters. The standard InChI is InChI=1S/C23H23N3O2/c27-23(22(19-8-3-1-4-9-19)20-10-5-2-6-11-20)25-14-16-26(28,17-15-25)21-12-7-13-24-18-21/h1-13,18,22H,14-17H2. The summed E-state index contributed by atoms with van der Waals surface area (Å²) in [6.45, 7) is 1.56. The molecule has 1 fully saturated rings. The van der Waals surface area contributed by atoms with Gasteiger partial charge in [-0.25, -0.2) is 0 Å². The average Bonchev–Trinajstić information content (AvgIpc) is 2.76. The van der Waals surface area contributed by atoms with Crippen LogP contribution in [0.1, 0.15) is 17.0 Å². The Bertz CT molecular complexity index is 869. The summed E-state index contributed by atoms with van der Waals surface area (Å²) in [5.74, 6) is -0.303. The Morgan fingerprint density at radius 1 is 0.893 bits per heavy atom. The molecule has 0 saturated carbocycles. The van der Waals surface area contributed by atoms with Gasteiger partial charge in [-0.1, -0.05) is 60.7 Å². The van der Waals surface area contributed by atoms with Crippen molar-refractivity contribution >= 4 is 11.6 Å². The second-order valence-electron chi connectivity index (χ2n) is 7.13. The molecule has 4 rings (SSSR count). The first-order valence-electron chi connectivity index (χ1n) is 9.55. The number of carbonyl (C=O) groups excluding carboxylic acids is 1. The van der Waals surface area contributed by atoms with Crippen LogP contribution in [0, 0.1) is 5.21 Å². The van der Waals surface area contributed by atoms with E-state index in [-0.39, 0.29) is 11.8 Å². The predicted octanol–water partition coefficient (Wildman–Crippen LogP) is 3.56. The van der Waals surface area contributed by atoms with Gasteiger partial charge in [0.05, 0.1) is 25.2 Å². The lowest BCUT2D eigenvalue weighted by atomic mass is 9.90. The van der Waals surface area contributed by atoms with Gasteiger partial charge in [0.1, 0.15) is 13.1 Å². The average molecular weight is 373 g/mol. The highest BCUT2D eigenvalue weighted by Gasteiger charge is 2.34. The predicted molar refractivity (Wildman–Crippen MR) is 110 cm³/mol. The van der Waals surface area contributed by atoms with Gasteiger partial charge in [0, 0.05) is 12.3 Å². The van der Waals surface area contributed by atoms with E-state index in [9.17, 15) is 10.0 Å². The molecule has 5 heteroatoms. The number of quaternary nitrogens is 1. The van der Waals surface area contributed by atoms with E-state index < -0.39 is 4.65 Å². The number of hydroxylamine groups is 2. The molecule has 28 heavy (non-hydrogen) atoms. The Balaban J connectivity index is 1.56. The van der Waals surface area contributed by atoms with E-state index in [0.717, 1.165) is 11.1 Å². The molecule has 0 spiro atoms. The van der Waals surface area contributed by atoms with E-state index >= 15 is 0 Å². The number of carbonyl (C=O) groups is 1. The van der Waals surface area contributed by atoms with Gasteiger partial charge in [-0.3, -0.25) is 9.78 Å². The van der Waals surface area contributed by atoms with E-state index in [1.165, 1.54) is 0 Å². The van der Waals surface area contributed by atoms with Gasteiger partial charge in [-0.2, -0.15) is 0 Å². The Kier molecular flexibility index (Phi) is 5.19. The van der Waals surface area contributed by atoms with E-state index in [1.54, 1.807) is 18.5 Å². The fourth-order valence-corrected chi connectivity index (χ4v) is 3.81. The van der Waals surface area contributed by atoms with Crippen LogP contribution in [0.5, 0.6) is 0 Å². The maximum Gasteiger partial charge on any atom is 0.234 e. The number of rotatable bonds is 4. The van der Waals surface area contributed by atoms with Crippen LogP contribution in [0.15, 0.2) is 85.2 Å². The molecule has 1 amide bonds. The molecular weight excluding hydrogens is 350 g/mol. The van der Waals surface area contributed by atoms with Crippen LogP contribution in [0.4, 0.5) is 5.69 Å². The lowest BCUT2D eigenvalue weighted by Gasteiger charge is -2.47. The molecule has 0 atom stereocenters. The lowest BCUT2D eigenvalue weighted by molar-refractivity contribution is -0.133. The fraction of sp³-hybridized carbons (Fsp3) is 0.217. The molecule has 1 aromatic heterocycles. The van der Waals surface area contributed by atoms with Gasteiger partial charge in [-0.15, -0.1) is 0 Å². The maximum atomic E-state index is 13.5. The Labute approximate surface area is 165 Å². The quantitative estimate of drug-likeness (QED) is 0.519. The van der Waals surface area contributed by atoms with Gasteiger partial charge >= 0.3 is 0 Å². The molecular formula is C23H23N3O2. The van der Waals surface area contributed by atoms with Gasteiger partial charge in [0.2, 0.25) is 5.91 Å². The number of piperazine rings is 1. The van der Waals surface area contributed by atoms with Gasteiger partial charge in [-0.05, 0) is 17.2 Å². The number of benzene rings is 2. The van der Waals surface area contributed by atoms with E-state index in [0.29, 0.717) is 31.9 Å². The van der Waals surface area contributed by atoms with Crippen LogP contribution < -0.4 is 4.65 Å². The number of pyridine rings is 1. The minimum Gasteiger partial charge on any atom is -0.627 e. The van der Waals surface area contributed by atoms with E-state index in [2.05, 4.69) is 4.98 Å². The summed E-state index contributed by atoms with van der Waals surface area (Å²) >= 11 is 0. The molecule has 1 aliphatic heterocycles. The molecule has 2 heterocycles. The molecule has 1 aliphatic rings. The monoisotopic (exact) mass is 373 g/mol. The lowest BCUT2D eigenvalue weighted by Crippen LogP contribution is -2.58. The summed E-state index contributed by atoms with van der Waals surface area (Å²) in [6.07, 6.45) is 3.29. The topological polar surface area (TPSA) is 56.3 Å². The zero-order valence-corrected chi connectivity index (χ0v) is 15.6. The van der Waals surface area contributed by atoms with E-state index in [4.69, 9.17) is 0 Å². The van der Waals surface area contributed by atoms with Crippen molar-refractivity contribution in [3.05, 3.63) is 102 Å². The van der Waals surface area contributed by atoms with Crippen molar-refractivity contribution < 1.29 is 4.79 Å². The van der Waals surface area contributed by atoms with Gasteiger partial charge in [0.15, 0.2) is 5.69 Å². The van der Waals surface area contributed by atoms with Crippen LogP contribution >= 0.6 is 0 Å². The van der Waals surface area contributed by atoms with Crippen molar-refractivity contribution in [1.29, 1.82) is 0 Å². The maximum absolute atomic E-state index is 13.5. The second kappa shape index (κ2) is 7.92. The van der Waals surface area contributed by atoms with Crippen molar-refractivity contribution in [1.82, 2.24) is 14.5 Å². The van der Waals surface area contributed by atoms with E-state index in [1.807, 2.05) is 71.6 Å². The van der Waals surface area contributed by atoms with Gasteiger partial charge < -0.3 is 14.8 Å². The van der Waals surface area contributed by atoms with Crippen molar-refractivity contribution in [2.45, 2.75) is 5.92 Å². The molecule has 5 nitrogen and oxygen atoms in total. The number of aromatic nitrogens is 1. The highest BCUT2D eigenvalue weighted by Crippen LogP contribution is 2.29. The first-order chi connectivity index (χ1) is 13.7. The number of hydrogen-bond donors (Lipinski definition) is 0. The number of nitrogens with zero attached hydrogens (tertiary/aromatic N) is 3. The highest BCUT2D eigenvalue weighted by molar-refractivity contribution is 5.87. The summed E-state index contributed by atoms with van der Waals surface area (Å²) in [5.41, 5.74) is 2.59. The smallest absolute Gasteiger partial charge is 0.234 e. The van der Waals surface area contributed by atoms with Crippen molar-refractivity contribution in [2.24, 2.45) is 0 Å². The molecule has 1 saturated heterocycles. The van der Waals surface area contributed by atoms with Crippen LogP contribution in [0.25, 0.3) is 0 Å². The third-order valence-electron chi connectivity index (χ3n) is 5.40. The summed E-state index contributed by atoms with van der Waals surface area (Å²) in [4.78, 5) is 19.4. The first-order valence-corrected chi connectivity index (χ1v) is 9.55. The second-order valence-corrected chi connectivity index (χ2v) is 7.13. The molecule has 142 valence electrons. The summed E-state index contributed by atoms with van der Waals surface area (Å²) in [6, 6.07) is 23.3.